The molecule has 0 unspecified atom stereocenters. The molecule has 3 aromatic rings. The van der Waals surface area contributed by atoms with Crippen molar-refractivity contribution in [2.75, 3.05) is 6.61 Å². The molecule has 2 N–H and O–H groups in total. The Hall–Kier alpha value is -3.80. The van der Waals surface area contributed by atoms with Crippen LogP contribution < -0.4 is 20.3 Å². The first-order chi connectivity index (χ1) is 15.1. The van der Waals surface area contributed by atoms with Crippen molar-refractivity contribution in [3.8, 4) is 22.6 Å². The van der Waals surface area contributed by atoms with Crippen molar-refractivity contribution in [1.29, 1.82) is 0 Å². The highest BCUT2D eigenvalue weighted by Crippen LogP contribution is 2.22. The molecule has 0 aromatic heterocycles. The van der Waals surface area contributed by atoms with Crippen molar-refractivity contribution in [3.63, 3.8) is 0 Å². The zero-order valence-electron chi connectivity index (χ0n) is 17.6. The highest BCUT2D eigenvalue weighted by molar-refractivity contribution is 5.98. The van der Waals surface area contributed by atoms with Gasteiger partial charge in [0.1, 0.15) is 11.5 Å². The van der Waals surface area contributed by atoms with Crippen molar-refractivity contribution in [2.45, 2.75) is 26.4 Å². The molecule has 0 fully saturated rings. The summed E-state index contributed by atoms with van der Waals surface area (Å²) in [6.07, 6.45) is 0.0305. The van der Waals surface area contributed by atoms with E-state index in [0.29, 0.717) is 23.7 Å². The number of hydrogen-bond acceptors (Lipinski definition) is 4. The van der Waals surface area contributed by atoms with Gasteiger partial charge in [-0.3, -0.25) is 20.4 Å². The van der Waals surface area contributed by atoms with Gasteiger partial charge in [0, 0.05) is 0 Å². The third kappa shape index (κ3) is 6.09. The van der Waals surface area contributed by atoms with Crippen LogP contribution in [0.4, 0.5) is 0 Å². The highest BCUT2D eigenvalue weighted by atomic mass is 16.5. The van der Waals surface area contributed by atoms with E-state index in [1.165, 1.54) is 0 Å². The molecule has 2 amide bonds. The van der Waals surface area contributed by atoms with Crippen LogP contribution >= 0.6 is 0 Å². The van der Waals surface area contributed by atoms with Crippen molar-refractivity contribution >= 4 is 11.8 Å². The minimum atomic E-state index is -0.797. The summed E-state index contributed by atoms with van der Waals surface area (Å²) in [5, 5.41) is 0. The minimum absolute atomic E-state index is 0.348. The fraction of sp³-hybridized carbons (Fsp3) is 0.200. The number of benzene rings is 3. The Morgan fingerprint density at radius 1 is 0.839 bits per heavy atom. The van der Waals surface area contributed by atoms with Crippen LogP contribution in [0.15, 0.2) is 78.9 Å². The van der Waals surface area contributed by atoms with Gasteiger partial charge in [-0.05, 0) is 48.7 Å². The second-order valence-corrected chi connectivity index (χ2v) is 6.94. The van der Waals surface area contributed by atoms with Crippen LogP contribution in [0.2, 0.25) is 0 Å². The molecular weight excluding hydrogens is 392 g/mol. The lowest BCUT2D eigenvalue weighted by Crippen LogP contribution is -2.47. The van der Waals surface area contributed by atoms with Crippen LogP contribution in [0.5, 0.6) is 11.5 Å². The summed E-state index contributed by atoms with van der Waals surface area (Å²) < 4.78 is 11.3. The van der Waals surface area contributed by atoms with Crippen LogP contribution in [0.1, 0.15) is 30.6 Å². The molecule has 0 heterocycles. The lowest BCUT2D eigenvalue weighted by Gasteiger charge is -2.16. The van der Waals surface area contributed by atoms with Crippen LogP contribution in [0.25, 0.3) is 11.1 Å². The minimum Gasteiger partial charge on any atom is -0.493 e. The molecule has 6 nitrogen and oxygen atoms in total. The van der Waals surface area contributed by atoms with E-state index in [4.69, 9.17) is 9.47 Å². The molecule has 0 aliphatic rings. The molecule has 0 aliphatic carbocycles. The molecular formula is C25H26N2O4. The summed E-state index contributed by atoms with van der Waals surface area (Å²) in [6, 6.07) is 24.4. The molecule has 0 radical (unpaired) electrons. The average molecular weight is 418 g/mol. The number of carbonyl (C=O) groups excluding carboxylic acids is 2. The summed E-state index contributed by atoms with van der Waals surface area (Å²) >= 11 is 0. The maximum Gasteiger partial charge on any atom is 0.279 e. The summed E-state index contributed by atoms with van der Waals surface area (Å²) in [6.45, 7) is 4.11. The molecule has 3 aromatic carbocycles. The molecule has 0 spiro atoms. The molecule has 1 atom stereocenters. The van der Waals surface area contributed by atoms with Gasteiger partial charge in [-0.25, -0.2) is 0 Å². The fourth-order valence-corrected chi connectivity index (χ4v) is 2.89. The third-order valence-electron chi connectivity index (χ3n) is 4.54. The van der Waals surface area contributed by atoms with Gasteiger partial charge < -0.3 is 9.47 Å². The number of amides is 2. The predicted octanol–water partition coefficient (Wildman–Crippen LogP) is 4.37. The van der Waals surface area contributed by atoms with Crippen molar-refractivity contribution in [3.05, 3.63) is 84.4 Å². The Bertz CT molecular complexity index is 1000. The van der Waals surface area contributed by atoms with Crippen molar-refractivity contribution in [2.24, 2.45) is 0 Å². The Kier molecular flexibility index (Phi) is 7.65. The van der Waals surface area contributed by atoms with Crippen molar-refractivity contribution in [1.82, 2.24) is 10.9 Å². The molecule has 3 rings (SSSR count). The second-order valence-electron chi connectivity index (χ2n) is 6.94. The second kappa shape index (κ2) is 10.8. The number of hydrogen-bond donors (Lipinski definition) is 2. The van der Waals surface area contributed by atoms with E-state index in [-0.39, 0.29) is 0 Å². The number of ether oxygens (including phenoxy) is 2. The Morgan fingerprint density at radius 2 is 1.48 bits per heavy atom. The Labute approximate surface area is 182 Å². The number of hydrazine groups is 1. The number of para-hydroxylation sites is 1. The molecule has 0 bridgehead atoms. The van der Waals surface area contributed by atoms with Crippen LogP contribution in [-0.4, -0.2) is 24.5 Å². The van der Waals surface area contributed by atoms with Gasteiger partial charge in [-0.15, -0.1) is 0 Å². The smallest absolute Gasteiger partial charge is 0.279 e. The van der Waals surface area contributed by atoms with E-state index in [1.807, 2.05) is 61.5 Å². The van der Waals surface area contributed by atoms with Crippen LogP contribution in [-0.2, 0) is 4.79 Å². The highest BCUT2D eigenvalue weighted by Gasteiger charge is 2.17. The quantitative estimate of drug-likeness (QED) is 0.533. The summed E-state index contributed by atoms with van der Waals surface area (Å²) in [5.74, 6) is 0.109. The van der Waals surface area contributed by atoms with Crippen LogP contribution in [0, 0.1) is 0 Å². The fourth-order valence-electron chi connectivity index (χ4n) is 2.89. The number of rotatable bonds is 8. The average Bonchev–Trinajstić information content (AvgIpc) is 2.82. The Morgan fingerprint density at radius 3 is 2.19 bits per heavy atom. The van der Waals surface area contributed by atoms with E-state index in [1.54, 1.807) is 31.2 Å². The SMILES string of the molecule is CCCOc1ccccc1C(=O)NNC(=O)[C@@H](C)Oc1ccc(-c2ccccc2)cc1. The van der Waals surface area contributed by atoms with E-state index in [9.17, 15) is 9.59 Å². The lowest BCUT2D eigenvalue weighted by molar-refractivity contribution is -0.128. The van der Waals surface area contributed by atoms with Gasteiger partial charge in [0.05, 0.1) is 12.2 Å². The first-order valence-electron chi connectivity index (χ1n) is 10.2. The number of nitrogens with one attached hydrogen (secondary N) is 2. The molecule has 160 valence electrons. The summed E-state index contributed by atoms with van der Waals surface area (Å²) in [7, 11) is 0. The topological polar surface area (TPSA) is 76.7 Å². The van der Waals surface area contributed by atoms with Crippen LogP contribution in [0.3, 0.4) is 0 Å². The van der Waals surface area contributed by atoms with E-state index in [2.05, 4.69) is 10.9 Å². The van der Waals surface area contributed by atoms with E-state index >= 15 is 0 Å². The Balaban J connectivity index is 1.53. The summed E-state index contributed by atoms with van der Waals surface area (Å²) in [5.41, 5.74) is 7.32. The molecule has 31 heavy (non-hydrogen) atoms. The van der Waals surface area contributed by atoms with Gasteiger partial charge >= 0.3 is 0 Å². The molecule has 0 saturated carbocycles. The standard InChI is InChI=1S/C25H26N2O4/c1-3-17-30-23-12-8-7-11-22(23)25(29)27-26-24(28)18(2)31-21-15-13-20(14-16-21)19-9-5-4-6-10-19/h4-16,18H,3,17H2,1-2H3,(H,26,28)(H,27,29)/t18-/m1/s1. The predicted molar refractivity (Wildman–Crippen MR) is 120 cm³/mol. The van der Waals surface area contributed by atoms with Gasteiger partial charge in [0.15, 0.2) is 6.10 Å². The molecule has 0 saturated heterocycles. The maximum absolute atomic E-state index is 12.4. The first-order valence-corrected chi connectivity index (χ1v) is 10.2. The number of carbonyl (C=O) groups is 2. The van der Waals surface area contributed by atoms with Gasteiger partial charge in [0.25, 0.3) is 11.8 Å². The van der Waals surface area contributed by atoms with E-state index in [0.717, 1.165) is 17.5 Å². The maximum atomic E-state index is 12.4. The van der Waals surface area contributed by atoms with Gasteiger partial charge in [-0.1, -0.05) is 61.5 Å². The zero-order valence-corrected chi connectivity index (χ0v) is 17.6. The summed E-state index contributed by atoms with van der Waals surface area (Å²) in [4.78, 5) is 24.8. The largest absolute Gasteiger partial charge is 0.493 e. The monoisotopic (exact) mass is 418 g/mol. The molecule has 6 heteroatoms. The molecule has 0 aliphatic heterocycles. The third-order valence-corrected chi connectivity index (χ3v) is 4.54. The zero-order chi connectivity index (χ0) is 22.1. The first kappa shape index (κ1) is 21.9. The van der Waals surface area contributed by atoms with E-state index < -0.39 is 17.9 Å². The van der Waals surface area contributed by atoms with Gasteiger partial charge in [-0.2, -0.15) is 0 Å². The normalized spacial score (nSPS) is 11.3. The van der Waals surface area contributed by atoms with Gasteiger partial charge in [0.2, 0.25) is 0 Å². The lowest BCUT2D eigenvalue weighted by atomic mass is 10.1. The van der Waals surface area contributed by atoms with Crippen molar-refractivity contribution < 1.29 is 19.1 Å².